The van der Waals surface area contributed by atoms with Crippen LogP contribution in [0.2, 0.25) is 0 Å². The summed E-state index contributed by atoms with van der Waals surface area (Å²) in [5.74, 6) is 0.0569. The number of carbonyl (C=O) groups is 1. The number of carbonyl (C=O) groups excluding carboxylic acids is 1. The fourth-order valence-electron chi connectivity index (χ4n) is 1.41. The van der Waals surface area contributed by atoms with Gasteiger partial charge < -0.3 is 5.73 Å². The number of ketones is 1. The highest BCUT2D eigenvalue weighted by atomic mass is 32.1. The molecule has 0 aliphatic rings. The summed E-state index contributed by atoms with van der Waals surface area (Å²) in [6.45, 7) is 2.35. The highest BCUT2D eigenvalue weighted by Gasteiger charge is 2.13. The summed E-state index contributed by atoms with van der Waals surface area (Å²) in [5.41, 5.74) is 7.03. The normalized spacial score (nSPS) is 11.0. The third-order valence-corrected chi connectivity index (χ3v) is 3.03. The standard InChI is InChI=1S/C9H11N3OS/c1-6-5-14-9-11-4-7(12(6)9)8(13)2-3-10/h4-5H,2-3,10H2,1H3. The Kier molecular flexibility index (Phi) is 2.35. The molecular weight excluding hydrogens is 198 g/mol. The second kappa shape index (κ2) is 3.51. The predicted octanol–water partition coefficient (Wildman–Crippen LogP) is 1.24. The van der Waals surface area contributed by atoms with Crippen LogP contribution < -0.4 is 5.73 Å². The van der Waals surface area contributed by atoms with Crippen LogP contribution in [0.25, 0.3) is 4.96 Å². The van der Waals surface area contributed by atoms with Crippen molar-refractivity contribution in [3.05, 3.63) is 23.0 Å². The molecule has 2 aromatic rings. The topological polar surface area (TPSA) is 60.4 Å². The van der Waals surface area contributed by atoms with Gasteiger partial charge in [-0.3, -0.25) is 9.20 Å². The Hall–Kier alpha value is -1.20. The molecule has 0 saturated heterocycles. The summed E-state index contributed by atoms with van der Waals surface area (Å²) >= 11 is 1.54. The van der Waals surface area contributed by atoms with Crippen molar-refractivity contribution in [2.45, 2.75) is 13.3 Å². The minimum absolute atomic E-state index is 0.0569. The molecule has 0 aliphatic carbocycles. The van der Waals surface area contributed by atoms with E-state index in [1.54, 1.807) is 6.20 Å². The van der Waals surface area contributed by atoms with Gasteiger partial charge in [0.05, 0.1) is 6.20 Å². The van der Waals surface area contributed by atoms with Gasteiger partial charge in [0.2, 0.25) is 0 Å². The van der Waals surface area contributed by atoms with Crippen molar-refractivity contribution in [3.8, 4) is 0 Å². The van der Waals surface area contributed by atoms with E-state index < -0.39 is 0 Å². The van der Waals surface area contributed by atoms with E-state index in [0.29, 0.717) is 18.7 Å². The number of hydrogen-bond acceptors (Lipinski definition) is 4. The summed E-state index contributed by atoms with van der Waals surface area (Å²) in [5, 5.41) is 1.99. The van der Waals surface area contributed by atoms with Crippen LogP contribution in [0.4, 0.5) is 0 Å². The van der Waals surface area contributed by atoms with Crippen LogP contribution in [-0.2, 0) is 0 Å². The van der Waals surface area contributed by atoms with Crippen molar-refractivity contribution in [1.29, 1.82) is 0 Å². The summed E-state index contributed by atoms with van der Waals surface area (Å²) < 4.78 is 1.88. The highest BCUT2D eigenvalue weighted by Crippen LogP contribution is 2.17. The SMILES string of the molecule is Cc1csc2ncc(C(=O)CCN)n12. The molecule has 4 nitrogen and oxygen atoms in total. The zero-order chi connectivity index (χ0) is 10.1. The lowest BCUT2D eigenvalue weighted by Crippen LogP contribution is -2.10. The number of fused-ring (bicyclic) bond motifs is 1. The van der Waals surface area contributed by atoms with Crippen molar-refractivity contribution in [3.63, 3.8) is 0 Å². The van der Waals surface area contributed by atoms with Gasteiger partial charge in [-0.15, -0.1) is 11.3 Å². The number of hydrogen-bond donors (Lipinski definition) is 1. The maximum absolute atomic E-state index is 11.6. The fourth-order valence-corrected chi connectivity index (χ4v) is 2.25. The second-order valence-corrected chi connectivity index (χ2v) is 3.94. The van der Waals surface area contributed by atoms with Crippen molar-refractivity contribution in [2.75, 3.05) is 6.54 Å². The molecule has 0 fully saturated rings. The van der Waals surface area contributed by atoms with Gasteiger partial charge in [0.1, 0.15) is 5.69 Å². The zero-order valence-electron chi connectivity index (χ0n) is 7.86. The number of Topliss-reactive ketones (excluding diaryl/α,β-unsaturated/α-hetero) is 1. The minimum Gasteiger partial charge on any atom is -0.330 e. The smallest absolute Gasteiger partial charge is 0.194 e. The Bertz CT molecular complexity index is 471. The first kappa shape index (κ1) is 9.36. The summed E-state index contributed by atoms with van der Waals surface area (Å²) in [7, 11) is 0. The van der Waals surface area contributed by atoms with E-state index in [4.69, 9.17) is 5.73 Å². The van der Waals surface area contributed by atoms with Gasteiger partial charge in [0, 0.05) is 17.5 Å². The third-order valence-electron chi connectivity index (χ3n) is 2.07. The average molecular weight is 209 g/mol. The Balaban J connectivity index is 2.51. The average Bonchev–Trinajstić information content (AvgIpc) is 2.70. The number of nitrogens with zero attached hydrogens (tertiary/aromatic N) is 2. The predicted molar refractivity (Wildman–Crippen MR) is 55.8 cm³/mol. The number of nitrogens with two attached hydrogens (primary N) is 1. The number of aryl methyl sites for hydroxylation is 1. The molecule has 0 unspecified atom stereocenters. The Morgan fingerprint density at radius 2 is 2.50 bits per heavy atom. The van der Waals surface area contributed by atoms with Crippen LogP contribution in [0.15, 0.2) is 11.6 Å². The van der Waals surface area contributed by atoms with Gasteiger partial charge in [-0.2, -0.15) is 0 Å². The highest BCUT2D eigenvalue weighted by molar-refractivity contribution is 7.15. The first-order valence-electron chi connectivity index (χ1n) is 4.39. The van der Waals surface area contributed by atoms with Crippen LogP contribution in [0.1, 0.15) is 22.6 Å². The number of aromatic nitrogens is 2. The Morgan fingerprint density at radius 3 is 3.21 bits per heavy atom. The molecule has 5 heteroatoms. The number of thiazole rings is 1. The minimum atomic E-state index is 0.0569. The molecule has 0 amide bonds. The lowest BCUT2D eigenvalue weighted by Gasteiger charge is -1.98. The van der Waals surface area contributed by atoms with Crippen LogP contribution >= 0.6 is 11.3 Å². The zero-order valence-corrected chi connectivity index (χ0v) is 8.67. The summed E-state index contributed by atoms with van der Waals surface area (Å²) in [4.78, 5) is 16.7. The van der Waals surface area contributed by atoms with E-state index in [0.717, 1.165) is 10.7 Å². The molecule has 2 aromatic heterocycles. The van der Waals surface area contributed by atoms with Gasteiger partial charge in [0.15, 0.2) is 10.7 Å². The molecule has 0 aromatic carbocycles. The van der Waals surface area contributed by atoms with Crippen molar-refractivity contribution >= 4 is 22.1 Å². The third kappa shape index (κ3) is 1.34. The van der Waals surface area contributed by atoms with E-state index >= 15 is 0 Å². The first-order valence-corrected chi connectivity index (χ1v) is 5.27. The Morgan fingerprint density at radius 1 is 1.71 bits per heavy atom. The number of rotatable bonds is 3. The molecule has 74 valence electrons. The molecule has 2 N–H and O–H groups in total. The fraction of sp³-hybridized carbons (Fsp3) is 0.333. The monoisotopic (exact) mass is 209 g/mol. The van der Waals surface area contributed by atoms with Crippen LogP contribution in [0.5, 0.6) is 0 Å². The van der Waals surface area contributed by atoms with Gasteiger partial charge in [-0.25, -0.2) is 4.98 Å². The quantitative estimate of drug-likeness (QED) is 0.773. The van der Waals surface area contributed by atoms with Gasteiger partial charge in [-0.1, -0.05) is 0 Å². The molecular formula is C9H11N3OS. The van der Waals surface area contributed by atoms with Crippen molar-refractivity contribution in [1.82, 2.24) is 9.38 Å². The van der Waals surface area contributed by atoms with E-state index in [2.05, 4.69) is 4.98 Å². The molecule has 0 saturated carbocycles. The van der Waals surface area contributed by atoms with E-state index in [1.165, 1.54) is 11.3 Å². The molecule has 0 bridgehead atoms. The first-order chi connectivity index (χ1) is 6.74. The van der Waals surface area contributed by atoms with Crippen molar-refractivity contribution < 1.29 is 4.79 Å². The van der Waals surface area contributed by atoms with Crippen LogP contribution in [0.3, 0.4) is 0 Å². The second-order valence-electron chi connectivity index (χ2n) is 3.10. The largest absolute Gasteiger partial charge is 0.330 e. The molecule has 0 atom stereocenters. The van der Waals surface area contributed by atoms with E-state index in [9.17, 15) is 4.79 Å². The molecule has 0 spiro atoms. The van der Waals surface area contributed by atoms with Crippen LogP contribution in [0, 0.1) is 6.92 Å². The van der Waals surface area contributed by atoms with Crippen molar-refractivity contribution in [2.24, 2.45) is 5.73 Å². The molecule has 0 radical (unpaired) electrons. The lowest BCUT2D eigenvalue weighted by atomic mass is 10.2. The summed E-state index contributed by atoms with van der Waals surface area (Å²) in [6.07, 6.45) is 2.00. The molecule has 14 heavy (non-hydrogen) atoms. The van der Waals surface area contributed by atoms with Crippen LogP contribution in [-0.4, -0.2) is 21.7 Å². The number of imidazole rings is 1. The van der Waals surface area contributed by atoms with Gasteiger partial charge in [-0.05, 0) is 13.5 Å². The van der Waals surface area contributed by atoms with E-state index in [-0.39, 0.29) is 5.78 Å². The maximum atomic E-state index is 11.6. The summed E-state index contributed by atoms with van der Waals surface area (Å²) in [6, 6.07) is 0. The Labute approximate surface area is 85.4 Å². The van der Waals surface area contributed by atoms with E-state index in [1.807, 2.05) is 16.7 Å². The van der Waals surface area contributed by atoms with Gasteiger partial charge >= 0.3 is 0 Å². The van der Waals surface area contributed by atoms with Gasteiger partial charge in [0.25, 0.3) is 0 Å². The molecule has 2 rings (SSSR count). The molecule has 0 aliphatic heterocycles. The maximum Gasteiger partial charge on any atom is 0.194 e. The lowest BCUT2D eigenvalue weighted by molar-refractivity contribution is 0.0979. The molecule has 2 heterocycles.